The number of aliphatic hydroxyl groups excluding tert-OH is 1. The smallest absolute Gasteiger partial charge is 0.393 e. The number of aryl methyl sites for hydroxylation is 1. The minimum atomic E-state index is -4.34. The first kappa shape index (κ1) is 11.5. The molecule has 96 valence electrons. The highest BCUT2D eigenvalue weighted by Crippen LogP contribution is 2.32. The Hall–Kier alpha value is -1.56. The van der Waals surface area contributed by atoms with Crippen molar-refractivity contribution in [3.05, 3.63) is 29.6 Å². The van der Waals surface area contributed by atoms with Crippen LogP contribution in [-0.2, 0) is 19.1 Å². The quantitative estimate of drug-likeness (QED) is 0.785. The van der Waals surface area contributed by atoms with Crippen molar-refractivity contribution in [3.8, 4) is 0 Å². The summed E-state index contributed by atoms with van der Waals surface area (Å²) in [5, 5.41) is 9.53. The van der Waals surface area contributed by atoms with Crippen LogP contribution in [0.3, 0.4) is 0 Å². The maximum absolute atomic E-state index is 12.6. The minimum Gasteiger partial charge on any atom is -0.393 e. The van der Waals surface area contributed by atoms with E-state index in [1.807, 2.05) is 0 Å². The molecule has 1 aliphatic rings. The van der Waals surface area contributed by atoms with Crippen LogP contribution in [0.25, 0.3) is 11.0 Å². The van der Waals surface area contributed by atoms with E-state index in [-0.39, 0.29) is 0 Å². The van der Waals surface area contributed by atoms with Crippen molar-refractivity contribution in [2.45, 2.75) is 31.7 Å². The predicted molar refractivity (Wildman–Crippen MR) is 59.1 cm³/mol. The molecule has 18 heavy (non-hydrogen) atoms. The first-order chi connectivity index (χ1) is 8.45. The Bertz CT molecular complexity index is 603. The third kappa shape index (κ3) is 1.77. The molecule has 0 aliphatic carbocycles. The molecule has 6 heteroatoms. The summed E-state index contributed by atoms with van der Waals surface area (Å²) in [6, 6.07) is 3.55. The maximum Gasteiger partial charge on any atom is 0.416 e. The van der Waals surface area contributed by atoms with E-state index >= 15 is 0 Å². The molecule has 0 amide bonds. The number of imidazole rings is 1. The largest absolute Gasteiger partial charge is 0.416 e. The van der Waals surface area contributed by atoms with Gasteiger partial charge in [-0.05, 0) is 24.6 Å². The van der Waals surface area contributed by atoms with Gasteiger partial charge in [-0.2, -0.15) is 13.2 Å². The lowest BCUT2D eigenvalue weighted by Crippen LogP contribution is -2.23. The van der Waals surface area contributed by atoms with Gasteiger partial charge in [0.15, 0.2) is 0 Å². The Labute approximate surface area is 101 Å². The Morgan fingerprint density at radius 1 is 1.33 bits per heavy atom. The first-order valence-corrected chi connectivity index (χ1v) is 5.69. The zero-order valence-corrected chi connectivity index (χ0v) is 9.41. The Morgan fingerprint density at radius 3 is 2.83 bits per heavy atom. The summed E-state index contributed by atoms with van der Waals surface area (Å²) in [7, 11) is 0. The molecule has 1 aromatic carbocycles. The summed E-state index contributed by atoms with van der Waals surface area (Å²) in [5.41, 5.74) is 0.377. The highest BCUT2D eigenvalue weighted by molar-refractivity contribution is 5.77. The van der Waals surface area contributed by atoms with Gasteiger partial charge in [-0.1, -0.05) is 0 Å². The average Bonchev–Trinajstić information content (AvgIpc) is 2.63. The Balaban J connectivity index is 2.17. The van der Waals surface area contributed by atoms with Gasteiger partial charge in [-0.15, -0.1) is 0 Å². The van der Waals surface area contributed by atoms with Crippen LogP contribution in [0.4, 0.5) is 13.2 Å². The molecule has 1 unspecified atom stereocenters. The standard InChI is InChI=1S/C12H11F3N2O/c13-12(14,15)7-1-2-9-10(5-7)17-4-3-8(18)6-11(17)16-9/h1-2,5,8,18H,3-4,6H2. The van der Waals surface area contributed by atoms with Crippen LogP contribution < -0.4 is 0 Å². The van der Waals surface area contributed by atoms with Crippen molar-refractivity contribution < 1.29 is 18.3 Å². The number of alkyl halides is 3. The number of fused-ring (bicyclic) bond motifs is 3. The second-order valence-electron chi connectivity index (χ2n) is 4.53. The normalized spacial score (nSPS) is 20.1. The molecule has 2 heterocycles. The number of benzene rings is 1. The van der Waals surface area contributed by atoms with E-state index in [4.69, 9.17) is 0 Å². The van der Waals surface area contributed by atoms with E-state index in [1.54, 1.807) is 4.57 Å². The predicted octanol–water partition coefficient (Wildman–Crippen LogP) is 2.36. The molecular formula is C12H11F3N2O. The summed E-state index contributed by atoms with van der Waals surface area (Å²) < 4.78 is 39.7. The number of rotatable bonds is 0. The SMILES string of the molecule is OC1CCn2c(nc3ccc(C(F)(F)F)cc32)C1. The molecule has 0 bridgehead atoms. The van der Waals surface area contributed by atoms with Crippen LogP contribution in [0.2, 0.25) is 0 Å². The van der Waals surface area contributed by atoms with Crippen molar-refractivity contribution in [2.75, 3.05) is 0 Å². The number of hydrogen-bond acceptors (Lipinski definition) is 2. The van der Waals surface area contributed by atoms with Crippen LogP contribution in [-0.4, -0.2) is 20.8 Å². The van der Waals surface area contributed by atoms with Gasteiger partial charge in [-0.3, -0.25) is 0 Å². The molecule has 0 saturated carbocycles. The fraction of sp³-hybridized carbons (Fsp3) is 0.417. The third-order valence-electron chi connectivity index (χ3n) is 3.26. The van der Waals surface area contributed by atoms with E-state index < -0.39 is 17.8 Å². The topological polar surface area (TPSA) is 38.0 Å². The fourth-order valence-corrected chi connectivity index (χ4v) is 2.35. The summed E-state index contributed by atoms with van der Waals surface area (Å²) in [6.07, 6.45) is -3.84. The zero-order chi connectivity index (χ0) is 12.9. The van der Waals surface area contributed by atoms with Crippen molar-refractivity contribution >= 4 is 11.0 Å². The van der Waals surface area contributed by atoms with Crippen molar-refractivity contribution in [1.29, 1.82) is 0 Å². The Morgan fingerprint density at radius 2 is 2.11 bits per heavy atom. The lowest BCUT2D eigenvalue weighted by molar-refractivity contribution is -0.137. The monoisotopic (exact) mass is 256 g/mol. The van der Waals surface area contributed by atoms with E-state index in [9.17, 15) is 18.3 Å². The minimum absolute atomic E-state index is 0.399. The fourth-order valence-electron chi connectivity index (χ4n) is 2.35. The summed E-state index contributed by atoms with van der Waals surface area (Å²) in [6.45, 7) is 0.508. The van der Waals surface area contributed by atoms with Crippen LogP contribution in [0.1, 0.15) is 17.8 Å². The number of hydrogen-bond donors (Lipinski definition) is 1. The molecule has 0 fully saturated rings. The van der Waals surface area contributed by atoms with Crippen molar-refractivity contribution in [2.24, 2.45) is 0 Å². The van der Waals surface area contributed by atoms with Crippen LogP contribution in [0.15, 0.2) is 18.2 Å². The van der Waals surface area contributed by atoms with Gasteiger partial charge in [0.05, 0.1) is 22.7 Å². The molecule has 0 saturated heterocycles. The number of aromatic nitrogens is 2. The van der Waals surface area contributed by atoms with Gasteiger partial charge in [-0.25, -0.2) is 4.98 Å². The number of halogens is 3. The van der Waals surface area contributed by atoms with Gasteiger partial charge >= 0.3 is 6.18 Å². The second kappa shape index (κ2) is 3.71. The summed E-state index contributed by atoms with van der Waals surface area (Å²) in [4.78, 5) is 4.26. The lowest BCUT2D eigenvalue weighted by atomic mass is 10.1. The Kier molecular flexibility index (Phi) is 2.38. The molecule has 1 aliphatic heterocycles. The van der Waals surface area contributed by atoms with Gasteiger partial charge < -0.3 is 9.67 Å². The third-order valence-corrected chi connectivity index (χ3v) is 3.26. The molecule has 2 aromatic rings. The zero-order valence-electron chi connectivity index (χ0n) is 9.41. The van der Waals surface area contributed by atoms with Gasteiger partial charge in [0.1, 0.15) is 5.82 Å². The maximum atomic E-state index is 12.6. The highest BCUT2D eigenvalue weighted by atomic mass is 19.4. The van der Waals surface area contributed by atoms with E-state index in [0.717, 1.165) is 12.1 Å². The number of aliphatic hydroxyl groups is 1. The van der Waals surface area contributed by atoms with E-state index in [1.165, 1.54) is 6.07 Å². The number of nitrogens with zero attached hydrogens (tertiary/aromatic N) is 2. The highest BCUT2D eigenvalue weighted by Gasteiger charge is 2.31. The molecule has 1 N–H and O–H groups in total. The molecule has 1 atom stereocenters. The van der Waals surface area contributed by atoms with Crippen LogP contribution in [0.5, 0.6) is 0 Å². The molecule has 1 aromatic heterocycles. The molecule has 0 spiro atoms. The second-order valence-corrected chi connectivity index (χ2v) is 4.53. The van der Waals surface area contributed by atoms with E-state index in [2.05, 4.69) is 4.98 Å². The molecule has 3 nitrogen and oxygen atoms in total. The lowest BCUT2D eigenvalue weighted by Gasteiger charge is -2.19. The van der Waals surface area contributed by atoms with E-state index in [0.29, 0.717) is 36.2 Å². The average molecular weight is 256 g/mol. The van der Waals surface area contributed by atoms with Crippen LogP contribution >= 0.6 is 0 Å². The van der Waals surface area contributed by atoms with Gasteiger partial charge in [0.25, 0.3) is 0 Å². The van der Waals surface area contributed by atoms with Crippen LogP contribution in [0, 0.1) is 0 Å². The molecular weight excluding hydrogens is 245 g/mol. The summed E-state index contributed by atoms with van der Waals surface area (Å²) in [5.74, 6) is 0.656. The summed E-state index contributed by atoms with van der Waals surface area (Å²) >= 11 is 0. The van der Waals surface area contributed by atoms with Crippen molar-refractivity contribution in [1.82, 2.24) is 9.55 Å². The van der Waals surface area contributed by atoms with Gasteiger partial charge in [0, 0.05) is 13.0 Å². The first-order valence-electron chi connectivity index (χ1n) is 5.69. The molecule has 0 radical (unpaired) electrons. The van der Waals surface area contributed by atoms with Gasteiger partial charge in [0.2, 0.25) is 0 Å². The molecule has 3 rings (SSSR count). The van der Waals surface area contributed by atoms with Crippen molar-refractivity contribution in [3.63, 3.8) is 0 Å².